The number of nitrogens with one attached hydrogen (secondary N) is 1. The summed E-state index contributed by atoms with van der Waals surface area (Å²) in [7, 11) is 0. The zero-order valence-corrected chi connectivity index (χ0v) is 21.6. The number of aromatic nitrogens is 3. The highest BCUT2D eigenvalue weighted by Crippen LogP contribution is 2.48. The van der Waals surface area contributed by atoms with E-state index in [1.54, 1.807) is 0 Å². The summed E-state index contributed by atoms with van der Waals surface area (Å²) < 4.78 is 25.7. The molecule has 2 heterocycles. The highest BCUT2D eigenvalue weighted by molar-refractivity contribution is 6.55. The standard InChI is InChI=1S/C21H11Cl6FN4O3/c22-12-5-10(28)2-1-9(12)6-32-8-29-21(31-32)30-20(33)13-4-3-11(35-13)7-34-19-17(26)15(24)14(23)16(25)18(19)27/h1-5,8H,6-7H2,(H,30,31,33). The molecule has 0 aliphatic heterocycles. The Morgan fingerprint density at radius 1 is 1.00 bits per heavy atom. The molecule has 0 bridgehead atoms. The Kier molecular flexibility index (Phi) is 8.00. The molecule has 2 aromatic heterocycles. The van der Waals surface area contributed by atoms with Gasteiger partial charge >= 0.3 is 0 Å². The summed E-state index contributed by atoms with van der Waals surface area (Å²) in [6.07, 6.45) is 1.40. The molecule has 4 aromatic rings. The summed E-state index contributed by atoms with van der Waals surface area (Å²) in [6.45, 7) is 0.0976. The maximum atomic E-state index is 13.2. The minimum Gasteiger partial charge on any atom is -0.482 e. The van der Waals surface area contributed by atoms with Gasteiger partial charge in [-0.2, -0.15) is 0 Å². The van der Waals surface area contributed by atoms with Crippen molar-refractivity contribution in [2.75, 3.05) is 5.32 Å². The molecule has 0 unspecified atom stereocenters. The molecule has 182 valence electrons. The zero-order chi connectivity index (χ0) is 25.3. The molecule has 2 aromatic carbocycles. The van der Waals surface area contributed by atoms with Crippen LogP contribution in [0.15, 0.2) is 41.1 Å². The van der Waals surface area contributed by atoms with Crippen LogP contribution in [0.3, 0.4) is 0 Å². The minimum absolute atomic E-state index is 0.00412. The maximum Gasteiger partial charge on any atom is 0.293 e. The SMILES string of the molecule is O=C(Nc1ncn(Cc2ccc(F)cc2Cl)n1)c1ccc(COc2c(Cl)c(Cl)c(Cl)c(Cl)c2Cl)o1. The summed E-state index contributed by atoms with van der Waals surface area (Å²) in [5.74, 6) is -0.722. The molecule has 0 saturated heterocycles. The van der Waals surface area contributed by atoms with Gasteiger partial charge in [-0.3, -0.25) is 10.1 Å². The van der Waals surface area contributed by atoms with E-state index < -0.39 is 11.7 Å². The van der Waals surface area contributed by atoms with Crippen molar-refractivity contribution in [3.05, 3.63) is 89.7 Å². The number of furan rings is 1. The lowest BCUT2D eigenvalue weighted by atomic mass is 10.2. The number of carbonyl (C=O) groups is 1. The van der Waals surface area contributed by atoms with Crippen molar-refractivity contribution in [1.29, 1.82) is 0 Å². The third kappa shape index (κ3) is 5.80. The molecule has 0 fully saturated rings. The first kappa shape index (κ1) is 25.9. The van der Waals surface area contributed by atoms with Gasteiger partial charge in [0.1, 0.15) is 34.6 Å². The van der Waals surface area contributed by atoms with Crippen LogP contribution in [-0.2, 0) is 13.2 Å². The number of halogens is 7. The van der Waals surface area contributed by atoms with Gasteiger partial charge in [0.15, 0.2) is 11.5 Å². The van der Waals surface area contributed by atoms with Crippen molar-refractivity contribution in [3.63, 3.8) is 0 Å². The molecule has 0 radical (unpaired) electrons. The average Bonchev–Trinajstić information content (AvgIpc) is 3.48. The fourth-order valence-corrected chi connectivity index (χ4v) is 4.31. The molecule has 0 saturated carbocycles. The molecule has 35 heavy (non-hydrogen) atoms. The van der Waals surface area contributed by atoms with Crippen LogP contribution in [0.4, 0.5) is 10.3 Å². The number of nitrogens with zero attached hydrogens (tertiary/aromatic N) is 3. The fraction of sp³-hybridized carbons (Fsp3) is 0.0952. The highest BCUT2D eigenvalue weighted by atomic mass is 35.5. The normalized spacial score (nSPS) is 11.1. The van der Waals surface area contributed by atoms with E-state index in [0.717, 1.165) is 0 Å². The molecule has 7 nitrogen and oxygen atoms in total. The van der Waals surface area contributed by atoms with Gasteiger partial charge in [-0.05, 0) is 29.8 Å². The van der Waals surface area contributed by atoms with E-state index in [0.29, 0.717) is 5.56 Å². The van der Waals surface area contributed by atoms with E-state index >= 15 is 0 Å². The minimum atomic E-state index is -0.595. The Bertz CT molecular complexity index is 1400. The number of benzene rings is 2. The Morgan fingerprint density at radius 3 is 2.37 bits per heavy atom. The van der Waals surface area contributed by atoms with Crippen LogP contribution in [0.5, 0.6) is 5.75 Å². The largest absolute Gasteiger partial charge is 0.482 e. The maximum absolute atomic E-state index is 13.2. The van der Waals surface area contributed by atoms with Gasteiger partial charge in [0.05, 0.1) is 21.6 Å². The number of anilines is 1. The number of rotatable bonds is 7. The summed E-state index contributed by atoms with van der Waals surface area (Å²) in [5, 5.41) is 6.87. The van der Waals surface area contributed by atoms with E-state index in [2.05, 4.69) is 15.4 Å². The van der Waals surface area contributed by atoms with Crippen molar-refractivity contribution >= 4 is 81.5 Å². The lowest BCUT2D eigenvalue weighted by Gasteiger charge is -2.12. The van der Waals surface area contributed by atoms with Crippen molar-refractivity contribution in [2.24, 2.45) is 0 Å². The average molecular weight is 599 g/mol. The number of carbonyl (C=O) groups excluding carboxylic acids is 1. The van der Waals surface area contributed by atoms with Crippen LogP contribution < -0.4 is 10.1 Å². The van der Waals surface area contributed by atoms with Gasteiger partial charge in [-0.25, -0.2) is 14.1 Å². The van der Waals surface area contributed by atoms with Gasteiger partial charge < -0.3 is 9.15 Å². The van der Waals surface area contributed by atoms with Crippen LogP contribution >= 0.6 is 69.6 Å². The first-order chi connectivity index (χ1) is 16.6. The van der Waals surface area contributed by atoms with Crippen molar-refractivity contribution in [3.8, 4) is 5.75 Å². The zero-order valence-electron chi connectivity index (χ0n) is 17.1. The van der Waals surface area contributed by atoms with Crippen molar-refractivity contribution in [1.82, 2.24) is 14.8 Å². The molecule has 0 aliphatic carbocycles. The van der Waals surface area contributed by atoms with Crippen molar-refractivity contribution < 1.29 is 18.3 Å². The van der Waals surface area contributed by atoms with Crippen LogP contribution in [0.2, 0.25) is 30.1 Å². The van der Waals surface area contributed by atoms with Crippen LogP contribution in [0.25, 0.3) is 0 Å². The summed E-state index contributed by atoms with van der Waals surface area (Å²) in [6, 6.07) is 6.99. The third-order valence-corrected chi connectivity index (χ3v) is 7.12. The van der Waals surface area contributed by atoms with Gasteiger partial charge in [-0.15, -0.1) is 5.10 Å². The summed E-state index contributed by atoms with van der Waals surface area (Å²) >= 11 is 36.3. The molecular weight excluding hydrogens is 588 g/mol. The Balaban J connectivity index is 1.39. The monoisotopic (exact) mass is 596 g/mol. The molecule has 0 atom stereocenters. The van der Waals surface area contributed by atoms with Gasteiger partial charge in [0.2, 0.25) is 5.95 Å². The Labute approximate surface area is 227 Å². The van der Waals surface area contributed by atoms with Crippen LogP contribution in [0.1, 0.15) is 21.9 Å². The molecule has 4 rings (SSSR count). The third-order valence-electron chi connectivity index (χ3n) is 4.52. The molecule has 1 amide bonds. The lowest BCUT2D eigenvalue weighted by molar-refractivity contribution is 0.0991. The molecule has 0 spiro atoms. The second-order valence-electron chi connectivity index (χ2n) is 6.91. The summed E-state index contributed by atoms with van der Waals surface area (Å²) in [4.78, 5) is 16.5. The Morgan fingerprint density at radius 2 is 1.69 bits per heavy atom. The summed E-state index contributed by atoms with van der Waals surface area (Å²) in [5.41, 5.74) is 0.634. The number of hydrogen-bond donors (Lipinski definition) is 1. The van der Waals surface area contributed by atoms with E-state index in [-0.39, 0.29) is 66.5 Å². The molecule has 14 heteroatoms. The van der Waals surface area contributed by atoms with Crippen molar-refractivity contribution in [2.45, 2.75) is 13.2 Å². The van der Waals surface area contributed by atoms with Crippen LogP contribution in [-0.4, -0.2) is 20.7 Å². The molecule has 1 N–H and O–H groups in total. The number of ether oxygens (including phenoxy) is 1. The van der Waals surface area contributed by atoms with E-state index in [4.69, 9.17) is 78.8 Å². The topological polar surface area (TPSA) is 82.2 Å². The lowest BCUT2D eigenvalue weighted by Crippen LogP contribution is -2.12. The van der Waals surface area contributed by atoms with Crippen LogP contribution in [0, 0.1) is 5.82 Å². The first-order valence-electron chi connectivity index (χ1n) is 9.51. The highest BCUT2D eigenvalue weighted by Gasteiger charge is 2.21. The van der Waals surface area contributed by atoms with E-state index in [1.807, 2.05) is 0 Å². The smallest absolute Gasteiger partial charge is 0.293 e. The van der Waals surface area contributed by atoms with E-state index in [1.165, 1.54) is 41.3 Å². The van der Waals surface area contributed by atoms with Gasteiger partial charge in [0.25, 0.3) is 5.91 Å². The number of amides is 1. The van der Waals surface area contributed by atoms with E-state index in [9.17, 15) is 9.18 Å². The molecular formula is C21H11Cl6FN4O3. The predicted molar refractivity (Wildman–Crippen MR) is 133 cm³/mol. The second-order valence-corrected chi connectivity index (χ2v) is 9.21. The van der Waals surface area contributed by atoms with Gasteiger partial charge in [-0.1, -0.05) is 75.7 Å². The Hall–Kier alpha value is -2.20. The quantitative estimate of drug-likeness (QED) is 0.173. The predicted octanol–water partition coefficient (Wildman–Crippen LogP) is 7.81. The molecule has 0 aliphatic rings. The number of hydrogen-bond acceptors (Lipinski definition) is 5. The fourth-order valence-electron chi connectivity index (χ4n) is 2.85. The van der Waals surface area contributed by atoms with Gasteiger partial charge in [0, 0.05) is 5.02 Å². The first-order valence-corrected chi connectivity index (χ1v) is 11.8. The second kappa shape index (κ2) is 10.8.